The normalized spacial score (nSPS) is 19.4. The molecule has 1 aliphatic rings. The number of carbonyl (C=O) groups excluding carboxylic acids is 1. The second-order valence-electron chi connectivity index (χ2n) is 4.79. The Morgan fingerprint density at radius 1 is 1.43 bits per heavy atom. The number of hydrogen-bond acceptors (Lipinski definition) is 5. The quantitative estimate of drug-likeness (QED) is 0.817. The number of aromatic nitrogens is 1. The van der Waals surface area contributed by atoms with Gasteiger partial charge in [-0.05, 0) is 18.9 Å². The fourth-order valence-electron chi connectivity index (χ4n) is 2.25. The van der Waals surface area contributed by atoms with Gasteiger partial charge in [0, 0.05) is 12.7 Å². The monoisotopic (exact) mass is 313 g/mol. The van der Waals surface area contributed by atoms with Gasteiger partial charge in [0.2, 0.25) is 15.9 Å². The second-order valence-corrected chi connectivity index (χ2v) is 6.72. The Bertz CT molecular complexity index is 673. The van der Waals surface area contributed by atoms with Gasteiger partial charge in [-0.1, -0.05) is 0 Å². The Hall–Kier alpha value is -2.00. The van der Waals surface area contributed by atoms with Crippen molar-refractivity contribution in [2.24, 2.45) is 0 Å². The van der Waals surface area contributed by atoms with Crippen molar-refractivity contribution in [2.45, 2.75) is 18.9 Å². The van der Waals surface area contributed by atoms with Crippen molar-refractivity contribution in [1.29, 1.82) is 0 Å². The van der Waals surface area contributed by atoms with E-state index in [1.807, 2.05) is 0 Å². The van der Waals surface area contributed by atoms with Gasteiger partial charge in [0.15, 0.2) is 0 Å². The van der Waals surface area contributed by atoms with E-state index in [-0.39, 0.29) is 11.3 Å². The van der Waals surface area contributed by atoms with Gasteiger partial charge in [-0.25, -0.2) is 13.2 Å². The van der Waals surface area contributed by atoms with Crippen LogP contribution in [-0.4, -0.2) is 53.5 Å². The van der Waals surface area contributed by atoms with Crippen LogP contribution in [-0.2, 0) is 14.8 Å². The molecule has 1 saturated heterocycles. The molecule has 9 heteroatoms. The fourth-order valence-corrected chi connectivity index (χ4v) is 3.37. The SMILES string of the molecule is CS(=O)(=O)N1CCCC1C(=O)Nc1cncc(C(=O)O)c1. The summed E-state index contributed by atoms with van der Waals surface area (Å²) in [7, 11) is -3.45. The van der Waals surface area contributed by atoms with Crippen molar-refractivity contribution in [3.63, 3.8) is 0 Å². The van der Waals surface area contributed by atoms with Crippen molar-refractivity contribution < 1.29 is 23.1 Å². The van der Waals surface area contributed by atoms with E-state index >= 15 is 0 Å². The third-order valence-electron chi connectivity index (χ3n) is 3.19. The van der Waals surface area contributed by atoms with Gasteiger partial charge in [0.1, 0.15) is 6.04 Å². The summed E-state index contributed by atoms with van der Waals surface area (Å²) in [6.45, 7) is 0.310. The highest BCUT2D eigenvalue weighted by atomic mass is 32.2. The number of rotatable bonds is 4. The van der Waals surface area contributed by atoms with Gasteiger partial charge in [0.05, 0.1) is 23.7 Å². The molecule has 0 bridgehead atoms. The molecule has 2 N–H and O–H groups in total. The van der Waals surface area contributed by atoms with Crippen molar-refractivity contribution >= 4 is 27.6 Å². The zero-order valence-corrected chi connectivity index (χ0v) is 12.1. The van der Waals surface area contributed by atoms with Crippen LogP contribution in [0.25, 0.3) is 0 Å². The number of carboxylic acid groups (broad SMARTS) is 1. The number of nitrogens with zero attached hydrogens (tertiary/aromatic N) is 2. The number of aromatic carboxylic acids is 1. The Morgan fingerprint density at radius 2 is 2.14 bits per heavy atom. The molecule has 8 nitrogen and oxygen atoms in total. The molecule has 2 heterocycles. The topological polar surface area (TPSA) is 117 Å². The van der Waals surface area contributed by atoms with Gasteiger partial charge >= 0.3 is 5.97 Å². The number of sulfonamides is 1. The lowest BCUT2D eigenvalue weighted by molar-refractivity contribution is -0.119. The van der Waals surface area contributed by atoms with E-state index in [1.165, 1.54) is 12.3 Å². The highest BCUT2D eigenvalue weighted by molar-refractivity contribution is 7.88. The molecule has 0 saturated carbocycles. The summed E-state index contributed by atoms with van der Waals surface area (Å²) in [5.41, 5.74) is 0.166. The predicted molar refractivity (Wildman–Crippen MR) is 74.4 cm³/mol. The number of carboxylic acids is 1. The lowest BCUT2D eigenvalue weighted by Gasteiger charge is -2.21. The first kappa shape index (κ1) is 15.4. The standard InChI is InChI=1S/C12H15N3O5S/c1-21(19,20)15-4-2-3-10(15)11(16)14-9-5-8(12(17)18)6-13-7-9/h5-7,10H,2-4H2,1H3,(H,14,16)(H,17,18). The molecule has 1 fully saturated rings. The van der Waals surface area contributed by atoms with Crippen LogP contribution in [0.15, 0.2) is 18.5 Å². The Morgan fingerprint density at radius 3 is 2.76 bits per heavy atom. The second kappa shape index (κ2) is 5.78. The molecule has 1 unspecified atom stereocenters. The van der Waals surface area contributed by atoms with E-state index in [9.17, 15) is 18.0 Å². The summed E-state index contributed by atoms with van der Waals surface area (Å²) in [5.74, 6) is -1.64. The Labute approximate surface area is 121 Å². The summed E-state index contributed by atoms with van der Waals surface area (Å²) >= 11 is 0. The first-order valence-corrected chi connectivity index (χ1v) is 8.10. The molecule has 0 radical (unpaired) electrons. The van der Waals surface area contributed by atoms with Gasteiger partial charge in [-0.2, -0.15) is 4.31 Å². The summed E-state index contributed by atoms with van der Waals surface area (Å²) in [6.07, 6.45) is 4.58. The molecule has 1 aromatic heterocycles. The average Bonchev–Trinajstić information content (AvgIpc) is 2.88. The third-order valence-corrected chi connectivity index (χ3v) is 4.47. The van der Waals surface area contributed by atoms with Crippen LogP contribution in [0.1, 0.15) is 23.2 Å². The van der Waals surface area contributed by atoms with E-state index in [0.29, 0.717) is 19.4 Å². The molecular weight excluding hydrogens is 298 g/mol. The maximum Gasteiger partial charge on any atom is 0.337 e. The zero-order chi connectivity index (χ0) is 15.6. The minimum Gasteiger partial charge on any atom is -0.478 e. The molecule has 0 aromatic carbocycles. The molecule has 1 atom stereocenters. The number of hydrogen-bond donors (Lipinski definition) is 2. The largest absolute Gasteiger partial charge is 0.478 e. The van der Waals surface area contributed by atoms with Crippen LogP contribution in [0, 0.1) is 0 Å². The maximum atomic E-state index is 12.2. The van der Waals surface area contributed by atoms with E-state index in [4.69, 9.17) is 5.11 Å². The van der Waals surface area contributed by atoms with Crippen LogP contribution in [0.2, 0.25) is 0 Å². The van der Waals surface area contributed by atoms with E-state index in [0.717, 1.165) is 16.8 Å². The number of nitrogens with one attached hydrogen (secondary N) is 1. The molecule has 2 rings (SSSR count). The van der Waals surface area contributed by atoms with E-state index in [2.05, 4.69) is 10.3 Å². The first-order chi connectivity index (χ1) is 9.79. The third kappa shape index (κ3) is 3.56. The van der Waals surface area contributed by atoms with Crippen LogP contribution in [0.5, 0.6) is 0 Å². The number of carbonyl (C=O) groups is 2. The summed E-state index contributed by atoms with van der Waals surface area (Å²) in [4.78, 5) is 26.7. The number of anilines is 1. The maximum absolute atomic E-state index is 12.2. The van der Waals surface area contributed by atoms with Gasteiger partial charge < -0.3 is 10.4 Å². The van der Waals surface area contributed by atoms with Gasteiger partial charge in [0.25, 0.3) is 0 Å². The summed E-state index contributed by atoms with van der Waals surface area (Å²) in [5, 5.41) is 11.4. The number of amides is 1. The van der Waals surface area contributed by atoms with Crippen LogP contribution in [0.4, 0.5) is 5.69 Å². The molecule has 1 aromatic rings. The van der Waals surface area contributed by atoms with Crippen molar-refractivity contribution in [3.05, 3.63) is 24.0 Å². The van der Waals surface area contributed by atoms with E-state index in [1.54, 1.807) is 0 Å². The van der Waals surface area contributed by atoms with E-state index < -0.39 is 27.9 Å². The smallest absolute Gasteiger partial charge is 0.337 e. The predicted octanol–water partition coefficient (Wildman–Crippen LogP) is 0.142. The molecule has 1 aliphatic heterocycles. The van der Waals surface area contributed by atoms with Crippen molar-refractivity contribution in [3.8, 4) is 0 Å². The Balaban J connectivity index is 2.14. The summed E-state index contributed by atoms with van der Waals surface area (Å²) < 4.78 is 24.3. The average molecular weight is 313 g/mol. The number of pyridine rings is 1. The minimum absolute atomic E-state index is 0.0563. The molecule has 21 heavy (non-hydrogen) atoms. The zero-order valence-electron chi connectivity index (χ0n) is 11.3. The Kier molecular flexibility index (Phi) is 4.24. The highest BCUT2D eigenvalue weighted by Crippen LogP contribution is 2.22. The lowest BCUT2D eigenvalue weighted by Crippen LogP contribution is -2.42. The molecular formula is C12H15N3O5S. The van der Waals surface area contributed by atoms with Crippen LogP contribution < -0.4 is 5.32 Å². The molecule has 114 valence electrons. The van der Waals surface area contributed by atoms with Crippen LogP contribution in [0.3, 0.4) is 0 Å². The first-order valence-electron chi connectivity index (χ1n) is 6.25. The van der Waals surface area contributed by atoms with Gasteiger partial charge in [-0.15, -0.1) is 0 Å². The highest BCUT2D eigenvalue weighted by Gasteiger charge is 2.36. The molecule has 0 spiro atoms. The van der Waals surface area contributed by atoms with Gasteiger partial charge in [-0.3, -0.25) is 9.78 Å². The molecule has 0 aliphatic carbocycles. The van der Waals surface area contributed by atoms with Crippen molar-refractivity contribution in [1.82, 2.24) is 9.29 Å². The summed E-state index contributed by atoms with van der Waals surface area (Å²) in [6, 6.07) is 0.501. The van der Waals surface area contributed by atoms with Crippen molar-refractivity contribution in [2.75, 3.05) is 18.1 Å². The minimum atomic E-state index is -3.45. The lowest BCUT2D eigenvalue weighted by atomic mass is 10.2. The molecule has 1 amide bonds. The fraction of sp³-hybridized carbons (Fsp3) is 0.417. The van der Waals surface area contributed by atoms with Crippen LogP contribution >= 0.6 is 0 Å².